The van der Waals surface area contributed by atoms with Gasteiger partial charge in [0.2, 0.25) is 26.0 Å². The third-order valence-corrected chi connectivity index (χ3v) is 6.81. The van der Waals surface area contributed by atoms with Gasteiger partial charge in [0, 0.05) is 31.1 Å². The van der Waals surface area contributed by atoms with Gasteiger partial charge in [-0.2, -0.15) is 0 Å². The van der Waals surface area contributed by atoms with Crippen molar-refractivity contribution in [1.82, 2.24) is 10.0 Å². The van der Waals surface area contributed by atoms with Gasteiger partial charge in [-0.05, 0) is 36.8 Å². The lowest BCUT2D eigenvalue weighted by atomic mass is 10.1. The van der Waals surface area contributed by atoms with Crippen LogP contribution in [-0.2, 0) is 24.8 Å². The minimum absolute atomic E-state index is 0.0238. The van der Waals surface area contributed by atoms with Gasteiger partial charge in [-0.15, -0.1) is 0 Å². The lowest BCUT2D eigenvalue weighted by molar-refractivity contribution is -0.121. The number of hydrogen-bond acceptors (Lipinski definition) is 7. The zero-order valence-corrected chi connectivity index (χ0v) is 20.0. The first-order valence-electron chi connectivity index (χ1n) is 10.3. The summed E-state index contributed by atoms with van der Waals surface area (Å²) < 4.78 is 63.8. The lowest BCUT2D eigenvalue weighted by Crippen LogP contribution is -2.32. The van der Waals surface area contributed by atoms with E-state index in [2.05, 4.69) is 14.8 Å². The number of carbonyl (C=O) groups is 1. The Bertz CT molecular complexity index is 1210. The highest BCUT2D eigenvalue weighted by Crippen LogP contribution is 2.31. The van der Waals surface area contributed by atoms with Crippen molar-refractivity contribution in [1.29, 1.82) is 0 Å². The number of nitrogens with one attached hydrogen (secondary N) is 3. The summed E-state index contributed by atoms with van der Waals surface area (Å²) in [6.45, 7) is 2.60. The first-order chi connectivity index (χ1) is 15.5. The molecule has 1 heterocycles. The molecular weight excluding hydrogens is 470 g/mol. The molecular formula is C21H27N3O7S2. The number of ether oxygens (including phenoxy) is 2. The minimum Gasteiger partial charge on any atom is -0.490 e. The summed E-state index contributed by atoms with van der Waals surface area (Å²) in [6.07, 6.45) is 1.69. The Balaban J connectivity index is 1.54. The Kier molecular flexibility index (Phi) is 7.82. The molecule has 1 atom stereocenters. The quantitative estimate of drug-likeness (QED) is 0.480. The first kappa shape index (κ1) is 24.8. The van der Waals surface area contributed by atoms with Crippen LogP contribution in [0, 0.1) is 0 Å². The summed E-state index contributed by atoms with van der Waals surface area (Å²) in [5.74, 6) is 0.510. The molecule has 0 saturated heterocycles. The van der Waals surface area contributed by atoms with E-state index in [4.69, 9.17) is 9.47 Å². The van der Waals surface area contributed by atoms with Crippen LogP contribution in [0.5, 0.6) is 11.5 Å². The Hall–Kier alpha value is -2.83. The summed E-state index contributed by atoms with van der Waals surface area (Å²) in [6, 6.07) is 10.6. The number of rotatable bonds is 9. The van der Waals surface area contributed by atoms with Crippen LogP contribution < -0.4 is 24.2 Å². The van der Waals surface area contributed by atoms with Gasteiger partial charge in [0.25, 0.3) is 0 Å². The average Bonchev–Trinajstić information content (AvgIpc) is 2.97. The van der Waals surface area contributed by atoms with E-state index >= 15 is 0 Å². The molecule has 180 valence electrons. The third kappa shape index (κ3) is 7.34. The van der Waals surface area contributed by atoms with Crippen LogP contribution in [0.2, 0.25) is 0 Å². The van der Waals surface area contributed by atoms with E-state index in [-0.39, 0.29) is 23.8 Å². The molecule has 12 heteroatoms. The second kappa shape index (κ2) is 10.4. The van der Waals surface area contributed by atoms with Crippen LogP contribution in [0.1, 0.15) is 31.4 Å². The van der Waals surface area contributed by atoms with E-state index in [1.54, 1.807) is 37.3 Å². The van der Waals surface area contributed by atoms with Gasteiger partial charge in [0.15, 0.2) is 11.5 Å². The van der Waals surface area contributed by atoms with Crippen molar-refractivity contribution in [2.75, 3.05) is 30.7 Å². The van der Waals surface area contributed by atoms with E-state index in [0.717, 1.165) is 6.26 Å². The maximum Gasteiger partial charge on any atom is 0.240 e. The Morgan fingerprint density at radius 2 is 1.76 bits per heavy atom. The van der Waals surface area contributed by atoms with Gasteiger partial charge >= 0.3 is 0 Å². The number of carbonyl (C=O) groups excluding carboxylic acids is 1. The summed E-state index contributed by atoms with van der Waals surface area (Å²) >= 11 is 0. The van der Waals surface area contributed by atoms with Crippen molar-refractivity contribution < 1.29 is 31.1 Å². The highest BCUT2D eigenvalue weighted by molar-refractivity contribution is 7.92. The lowest BCUT2D eigenvalue weighted by Gasteiger charge is -2.16. The molecule has 0 saturated carbocycles. The number of hydrogen-bond donors (Lipinski definition) is 3. The van der Waals surface area contributed by atoms with Crippen molar-refractivity contribution >= 4 is 31.6 Å². The molecule has 1 aliphatic heterocycles. The standard InChI is InChI=1S/C21H27N3O7S2/c1-15(16-5-3-6-17(13-16)24-32(2,26)27)23-21(25)9-10-22-33(28,29)18-7-8-19-20(14-18)31-12-4-11-30-19/h3,5-8,13-15,22,24H,4,9-12H2,1-2H3,(H,23,25). The predicted octanol–water partition coefficient (Wildman–Crippen LogP) is 1.77. The van der Waals surface area contributed by atoms with Crippen molar-refractivity contribution in [3.05, 3.63) is 48.0 Å². The largest absolute Gasteiger partial charge is 0.490 e. The zero-order chi connectivity index (χ0) is 24.1. The SMILES string of the molecule is CC(NC(=O)CCNS(=O)(=O)c1ccc2c(c1)OCCCO2)c1cccc(NS(C)(=O)=O)c1. The molecule has 2 aromatic carbocycles. The number of fused-ring (bicyclic) bond motifs is 1. The molecule has 0 bridgehead atoms. The number of sulfonamides is 2. The maximum absolute atomic E-state index is 12.6. The zero-order valence-electron chi connectivity index (χ0n) is 18.3. The Morgan fingerprint density at radius 1 is 1.03 bits per heavy atom. The van der Waals surface area contributed by atoms with E-state index in [1.807, 2.05) is 0 Å². The van der Waals surface area contributed by atoms with Gasteiger partial charge < -0.3 is 14.8 Å². The molecule has 0 aromatic heterocycles. The van der Waals surface area contributed by atoms with E-state index in [0.29, 0.717) is 42.4 Å². The van der Waals surface area contributed by atoms with Gasteiger partial charge in [0.1, 0.15) is 0 Å². The molecule has 0 aliphatic carbocycles. The van der Waals surface area contributed by atoms with Crippen molar-refractivity contribution in [3.8, 4) is 11.5 Å². The van der Waals surface area contributed by atoms with Crippen molar-refractivity contribution in [2.24, 2.45) is 0 Å². The van der Waals surface area contributed by atoms with Crippen LogP contribution in [-0.4, -0.2) is 48.8 Å². The molecule has 0 fully saturated rings. The van der Waals surface area contributed by atoms with Crippen molar-refractivity contribution in [3.63, 3.8) is 0 Å². The molecule has 10 nitrogen and oxygen atoms in total. The highest BCUT2D eigenvalue weighted by atomic mass is 32.2. The predicted molar refractivity (Wildman–Crippen MR) is 123 cm³/mol. The summed E-state index contributed by atoms with van der Waals surface area (Å²) in [5.41, 5.74) is 1.09. The smallest absolute Gasteiger partial charge is 0.240 e. The van der Waals surface area contributed by atoms with Crippen molar-refractivity contribution in [2.45, 2.75) is 30.7 Å². The minimum atomic E-state index is -3.84. The molecule has 3 rings (SSSR count). The number of amides is 1. The average molecular weight is 498 g/mol. The summed E-state index contributed by atoms with van der Waals surface area (Å²) in [5, 5.41) is 2.77. The van der Waals surface area contributed by atoms with Gasteiger partial charge in [0.05, 0.1) is 30.4 Å². The number of benzene rings is 2. The number of anilines is 1. The fourth-order valence-corrected chi connectivity index (χ4v) is 4.78. The molecule has 0 radical (unpaired) electrons. The molecule has 0 spiro atoms. The monoisotopic (exact) mass is 497 g/mol. The van der Waals surface area contributed by atoms with E-state index in [1.165, 1.54) is 12.1 Å². The first-order valence-corrected chi connectivity index (χ1v) is 13.7. The van der Waals surface area contributed by atoms with Gasteiger partial charge in [-0.25, -0.2) is 21.6 Å². The normalized spacial score (nSPS) is 14.7. The summed E-state index contributed by atoms with van der Waals surface area (Å²) in [4.78, 5) is 12.3. The highest BCUT2D eigenvalue weighted by Gasteiger charge is 2.19. The maximum atomic E-state index is 12.6. The Morgan fingerprint density at radius 3 is 2.48 bits per heavy atom. The van der Waals surface area contributed by atoms with Crippen LogP contribution in [0.25, 0.3) is 0 Å². The molecule has 3 N–H and O–H groups in total. The molecule has 1 unspecified atom stereocenters. The second-order valence-electron chi connectivity index (χ2n) is 7.60. The van der Waals surface area contributed by atoms with Crippen LogP contribution in [0.3, 0.4) is 0 Å². The van der Waals surface area contributed by atoms with E-state index < -0.39 is 26.1 Å². The molecule has 2 aromatic rings. The van der Waals surface area contributed by atoms with Crippen LogP contribution >= 0.6 is 0 Å². The molecule has 33 heavy (non-hydrogen) atoms. The fourth-order valence-electron chi connectivity index (χ4n) is 3.18. The van der Waals surface area contributed by atoms with E-state index in [9.17, 15) is 21.6 Å². The van der Waals surface area contributed by atoms with Crippen LogP contribution in [0.4, 0.5) is 5.69 Å². The fraction of sp³-hybridized carbons (Fsp3) is 0.381. The summed E-state index contributed by atoms with van der Waals surface area (Å²) in [7, 11) is -7.25. The second-order valence-corrected chi connectivity index (χ2v) is 11.1. The van der Waals surface area contributed by atoms with Gasteiger partial charge in [-0.3, -0.25) is 9.52 Å². The molecule has 1 amide bonds. The molecule has 1 aliphatic rings. The topological polar surface area (TPSA) is 140 Å². The van der Waals surface area contributed by atoms with Crippen LogP contribution in [0.15, 0.2) is 47.4 Å². The third-order valence-electron chi connectivity index (χ3n) is 4.74. The Labute approximate surface area is 193 Å². The van der Waals surface area contributed by atoms with Gasteiger partial charge in [-0.1, -0.05) is 12.1 Å².